The highest BCUT2D eigenvalue weighted by molar-refractivity contribution is 5.89. The van der Waals surface area contributed by atoms with Gasteiger partial charge in [-0.2, -0.15) is 0 Å². The number of morpholine rings is 1. The molecule has 4 rings (SSSR count). The van der Waals surface area contributed by atoms with Crippen LogP contribution < -0.4 is 4.90 Å². The van der Waals surface area contributed by atoms with E-state index in [1.807, 2.05) is 6.07 Å². The molecule has 1 aromatic heterocycles. The van der Waals surface area contributed by atoms with Crippen LogP contribution in [-0.2, 0) is 4.74 Å². The number of anilines is 1. The third kappa shape index (κ3) is 2.96. The molecule has 5 nitrogen and oxygen atoms in total. The topological polar surface area (TPSA) is 41.5 Å². The van der Waals surface area contributed by atoms with Gasteiger partial charge in [-0.3, -0.25) is 4.90 Å². The molecular formula is C18H23FN4O. The first kappa shape index (κ1) is 15.7. The second kappa shape index (κ2) is 6.61. The molecule has 128 valence electrons. The fourth-order valence-corrected chi connectivity index (χ4v) is 3.91. The Kier molecular flexibility index (Phi) is 4.33. The molecule has 1 unspecified atom stereocenters. The molecule has 0 aliphatic carbocycles. The number of ether oxygens (including phenoxy) is 1. The maximum Gasteiger partial charge on any atom is 0.149 e. The summed E-state index contributed by atoms with van der Waals surface area (Å²) in [4.78, 5) is 13.4. The average molecular weight is 330 g/mol. The summed E-state index contributed by atoms with van der Waals surface area (Å²) in [6, 6.07) is 5.69. The lowest BCUT2D eigenvalue weighted by atomic mass is 10.0. The normalized spacial score (nSPS) is 23.8. The van der Waals surface area contributed by atoms with Crippen LogP contribution in [0.1, 0.15) is 19.8 Å². The molecule has 0 amide bonds. The molecule has 0 N–H and O–H groups in total. The van der Waals surface area contributed by atoms with Gasteiger partial charge in [-0.1, -0.05) is 6.07 Å². The summed E-state index contributed by atoms with van der Waals surface area (Å²) in [6.45, 7) is 6.90. The Balaban J connectivity index is 1.49. The summed E-state index contributed by atoms with van der Waals surface area (Å²) < 4.78 is 19.6. The van der Waals surface area contributed by atoms with Gasteiger partial charge in [0.2, 0.25) is 0 Å². The first-order valence-electron chi connectivity index (χ1n) is 8.72. The molecule has 24 heavy (non-hydrogen) atoms. The molecule has 0 radical (unpaired) electrons. The highest BCUT2D eigenvalue weighted by Gasteiger charge is 2.28. The van der Waals surface area contributed by atoms with Gasteiger partial charge in [-0.15, -0.1) is 0 Å². The van der Waals surface area contributed by atoms with E-state index in [2.05, 4.69) is 26.7 Å². The number of nitrogens with zero attached hydrogens (tertiary/aromatic N) is 4. The van der Waals surface area contributed by atoms with Crippen LogP contribution in [0, 0.1) is 5.82 Å². The van der Waals surface area contributed by atoms with Crippen LogP contribution >= 0.6 is 0 Å². The first-order valence-corrected chi connectivity index (χ1v) is 8.72. The van der Waals surface area contributed by atoms with Crippen molar-refractivity contribution in [3.63, 3.8) is 0 Å². The van der Waals surface area contributed by atoms with Crippen molar-refractivity contribution in [2.75, 3.05) is 37.7 Å². The van der Waals surface area contributed by atoms with Crippen molar-refractivity contribution in [1.29, 1.82) is 0 Å². The number of benzene rings is 1. The zero-order valence-corrected chi connectivity index (χ0v) is 14.0. The van der Waals surface area contributed by atoms with Crippen molar-refractivity contribution in [2.45, 2.75) is 31.9 Å². The van der Waals surface area contributed by atoms with Gasteiger partial charge in [-0.05, 0) is 31.9 Å². The summed E-state index contributed by atoms with van der Waals surface area (Å²) in [5, 5.41) is 0.802. The predicted octanol–water partition coefficient (Wildman–Crippen LogP) is 2.46. The predicted molar refractivity (Wildman–Crippen MR) is 91.7 cm³/mol. The lowest BCUT2D eigenvalue weighted by molar-refractivity contribution is -0.0373. The number of piperidine rings is 1. The minimum Gasteiger partial charge on any atom is -0.376 e. The molecule has 1 atom stereocenters. The van der Waals surface area contributed by atoms with Gasteiger partial charge in [-0.25, -0.2) is 14.4 Å². The van der Waals surface area contributed by atoms with Crippen LogP contribution in [0.15, 0.2) is 24.5 Å². The van der Waals surface area contributed by atoms with Gasteiger partial charge in [0.25, 0.3) is 0 Å². The molecule has 3 heterocycles. The highest BCUT2D eigenvalue weighted by atomic mass is 19.1. The molecule has 2 aromatic rings. The van der Waals surface area contributed by atoms with Crippen LogP contribution in [0.4, 0.5) is 10.2 Å². The van der Waals surface area contributed by atoms with Crippen LogP contribution in [-0.4, -0.2) is 59.8 Å². The van der Waals surface area contributed by atoms with E-state index in [-0.39, 0.29) is 5.82 Å². The molecule has 1 aromatic carbocycles. The van der Waals surface area contributed by atoms with Gasteiger partial charge in [0, 0.05) is 37.6 Å². The number of fused-ring (bicyclic) bond motifs is 1. The number of halogens is 1. The molecule has 0 saturated carbocycles. The minimum atomic E-state index is -0.284. The number of aromatic nitrogens is 2. The van der Waals surface area contributed by atoms with Gasteiger partial charge in [0.1, 0.15) is 23.5 Å². The molecule has 0 spiro atoms. The Morgan fingerprint density at radius 2 is 2.00 bits per heavy atom. The number of rotatable bonds is 2. The maximum atomic E-state index is 13.9. The number of hydrogen-bond donors (Lipinski definition) is 0. The maximum absolute atomic E-state index is 13.9. The molecule has 2 saturated heterocycles. The Morgan fingerprint density at radius 3 is 2.79 bits per heavy atom. The Hall–Kier alpha value is -1.79. The fraction of sp³-hybridized carbons (Fsp3) is 0.556. The largest absolute Gasteiger partial charge is 0.376 e. The highest BCUT2D eigenvalue weighted by Crippen LogP contribution is 2.28. The zero-order chi connectivity index (χ0) is 16.5. The van der Waals surface area contributed by atoms with E-state index in [0.717, 1.165) is 56.8 Å². The van der Waals surface area contributed by atoms with Gasteiger partial charge in [0.15, 0.2) is 0 Å². The SMILES string of the molecule is CC1CN(C2CCN(c3ncnc4c(F)cccc34)CC2)CCO1. The Morgan fingerprint density at radius 1 is 1.17 bits per heavy atom. The van der Waals surface area contributed by atoms with Crippen LogP contribution in [0.3, 0.4) is 0 Å². The molecule has 2 aliphatic rings. The summed E-state index contributed by atoms with van der Waals surface area (Å²) in [5.74, 6) is 0.571. The van der Waals surface area contributed by atoms with Crippen molar-refractivity contribution >= 4 is 16.7 Å². The molecule has 2 aliphatic heterocycles. The van der Waals surface area contributed by atoms with E-state index in [0.29, 0.717) is 17.7 Å². The van der Waals surface area contributed by atoms with Crippen molar-refractivity contribution < 1.29 is 9.13 Å². The number of hydrogen-bond acceptors (Lipinski definition) is 5. The summed E-state index contributed by atoms with van der Waals surface area (Å²) >= 11 is 0. The standard InChI is InChI=1S/C18H23FN4O/c1-13-11-23(9-10-24-13)14-5-7-22(8-6-14)18-15-3-2-4-16(19)17(15)20-12-21-18/h2-4,12-14H,5-11H2,1H3. The second-order valence-corrected chi connectivity index (χ2v) is 6.73. The third-order valence-corrected chi connectivity index (χ3v) is 5.15. The number of para-hydroxylation sites is 1. The Bertz CT molecular complexity index is 717. The van der Waals surface area contributed by atoms with Gasteiger partial charge < -0.3 is 9.64 Å². The van der Waals surface area contributed by atoms with Gasteiger partial charge in [0.05, 0.1) is 12.7 Å². The minimum absolute atomic E-state index is 0.284. The Labute approximate surface area is 141 Å². The lowest BCUT2D eigenvalue weighted by Gasteiger charge is -2.42. The monoisotopic (exact) mass is 330 g/mol. The zero-order valence-electron chi connectivity index (χ0n) is 14.0. The van der Waals surface area contributed by atoms with Gasteiger partial charge >= 0.3 is 0 Å². The van der Waals surface area contributed by atoms with Crippen molar-refractivity contribution in [3.05, 3.63) is 30.3 Å². The summed E-state index contributed by atoms with van der Waals surface area (Å²) in [5.41, 5.74) is 0.409. The molecule has 6 heteroatoms. The van der Waals surface area contributed by atoms with E-state index < -0.39 is 0 Å². The molecular weight excluding hydrogens is 307 g/mol. The lowest BCUT2D eigenvalue weighted by Crippen LogP contribution is -2.51. The summed E-state index contributed by atoms with van der Waals surface area (Å²) in [7, 11) is 0. The third-order valence-electron chi connectivity index (χ3n) is 5.15. The van der Waals surface area contributed by atoms with E-state index in [1.54, 1.807) is 6.07 Å². The molecule has 2 fully saturated rings. The quantitative estimate of drug-likeness (QED) is 0.846. The average Bonchev–Trinajstić information content (AvgIpc) is 2.62. The van der Waals surface area contributed by atoms with Crippen LogP contribution in [0.5, 0.6) is 0 Å². The summed E-state index contributed by atoms with van der Waals surface area (Å²) in [6.07, 6.45) is 4.00. The van der Waals surface area contributed by atoms with Crippen molar-refractivity contribution in [3.8, 4) is 0 Å². The fourth-order valence-electron chi connectivity index (χ4n) is 3.91. The van der Waals surface area contributed by atoms with E-state index in [9.17, 15) is 4.39 Å². The second-order valence-electron chi connectivity index (χ2n) is 6.73. The van der Waals surface area contributed by atoms with Crippen LogP contribution in [0.25, 0.3) is 10.9 Å². The van der Waals surface area contributed by atoms with E-state index in [4.69, 9.17) is 4.74 Å². The van der Waals surface area contributed by atoms with E-state index in [1.165, 1.54) is 12.4 Å². The van der Waals surface area contributed by atoms with Crippen LogP contribution in [0.2, 0.25) is 0 Å². The smallest absolute Gasteiger partial charge is 0.149 e. The molecule has 0 bridgehead atoms. The van der Waals surface area contributed by atoms with Crippen molar-refractivity contribution in [2.24, 2.45) is 0 Å². The first-order chi connectivity index (χ1) is 11.7. The van der Waals surface area contributed by atoms with Crippen molar-refractivity contribution in [1.82, 2.24) is 14.9 Å². The van der Waals surface area contributed by atoms with E-state index >= 15 is 0 Å².